The number of ether oxygens (including phenoxy) is 2. The molecule has 0 bridgehead atoms. The van der Waals surface area contributed by atoms with E-state index in [1.807, 2.05) is 36.1 Å². The first kappa shape index (κ1) is 20.8. The van der Waals surface area contributed by atoms with Gasteiger partial charge in [0.2, 0.25) is 0 Å². The number of methoxy groups -OCH3 is 1. The van der Waals surface area contributed by atoms with Gasteiger partial charge < -0.3 is 19.3 Å². The summed E-state index contributed by atoms with van der Waals surface area (Å²) in [6.07, 6.45) is 0.895. The van der Waals surface area contributed by atoms with Crippen LogP contribution in [0.4, 0.5) is 5.69 Å². The summed E-state index contributed by atoms with van der Waals surface area (Å²) in [7, 11) is 1.58. The van der Waals surface area contributed by atoms with Crippen molar-refractivity contribution in [3.05, 3.63) is 51.5 Å². The number of nitrogens with zero attached hydrogens (tertiary/aromatic N) is 2. The second-order valence-electron chi connectivity index (χ2n) is 6.57. The fourth-order valence-corrected chi connectivity index (χ4v) is 4.04. The molecule has 0 unspecified atom stereocenters. The van der Waals surface area contributed by atoms with Crippen molar-refractivity contribution in [2.45, 2.75) is 13.3 Å². The van der Waals surface area contributed by atoms with E-state index in [-0.39, 0.29) is 5.91 Å². The van der Waals surface area contributed by atoms with E-state index >= 15 is 0 Å². The van der Waals surface area contributed by atoms with Gasteiger partial charge in [-0.2, -0.15) is 0 Å². The molecule has 0 N–H and O–H groups in total. The Morgan fingerprint density at radius 1 is 1.18 bits per heavy atom. The van der Waals surface area contributed by atoms with Gasteiger partial charge in [0.25, 0.3) is 5.91 Å². The number of carbonyl (C=O) groups excluding carboxylic acids is 1. The van der Waals surface area contributed by atoms with Crippen molar-refractivity contribution < 1.29 is 14.3 Å². The zero-order valence-electron chi connectivity index (χ0n) is 16.1. The zero-order chi connectivity index (χ0) is 20.1. The number of hydrogen-bond acceptors (Lipinski definition) is 4. The number of para-hydroxylation sites is 1. The maximum Gasteiger partial charge on any atom is 0.254 e. The van der Waals surface area contributed by atoms with E-state index in [1.165, 1.54) is 0 Å². The van der Waals surface area contributed by atoms with Gasteiger partial charge in [-0.25, -0.2) is 0 Å². The first-order valence-electron chi connectivity index (χ1n) is 9.34. The number of halogens is 2. The maximum absolute atomic E-state index is 13.0. The molecule has 0 saturated carbocycles. The molecule has 1 heterocycles. The number of anilines is 1. The van der Waals surface area contributed by atoms with E-state index in [0.717, 1.165) is 34.7 Å². The van der Waals surface area contributed by atoms with Crippen LogP contribution in [0.25, 0.3) is 0 Å². The average molecular weight is 468 g/mol. The molecule has 2 aromatic rings. The summed E-state index contributed by atoms with van der Waals surface area (Å²) in [4.78, 5) is 17.1. The largest absolute Gasteiger partial charge is 0.493 e. The number of rotatable bonds is 6. The fraction of sp³-hybridized carbons (Fsp3) is 0.381. The van der Waals surface area contributed by atoms with Crippen LogP contribution in [0.2, 0.25) is 5.02 Å². The molecule has 0 radical (unpaired) electrons. The Labute approximate surface area is 179 Å². The van der Waals surface area contributed by atoms with Gasteiger partial charge in [0.1, 0.15) is 0 Å². The lowest BCUT2D eigenvalue weighted by Crippen LogP contribution is -2.48. The van der Waals surface area contributed by atoms with E-state index in [9.17, 15) is 4.79 Å². The van der Waals surface area contributed by atoms with Gasteiger partial charge >= 0.3 is 0 Å². The van der Waals surface area contributed by atoms with E-state index in [4.69, 9.17) is 21.1 Å². The van der Waals surface area contributed by atoms with Crippen LogP contribution in [0.15, 0.2) is 40.9 Å². The number of piperazine rings is 1. The van der Waals surface area contributed by atoms with Gasteiger partial charge in [-0.3, -0.25) is 4.79 Å². The first-order valence-corrected chi connectivity index (χ1v) is 10.5. The highest BCUT2D eigenvalue weighted by Gasteiger charge is 2.25. The van der Waals surface area contributed by atoms with Crippen LogP contribution in [-0.2, 0) is 0 Å². The predicted octanol–water partition coefficient (Wildman–Crippen LogP) is 4.86. The molecule has 0 atom stereocenters. The van der Waals surface area contributed by atoms with Crippen LogP contribution in [0.1, 0.15) is 23.7 Å². The molecule has 1 saturated heterocycles. The smallest absolute Gasteiger partial charge is 0.254 e. The second-order valence-corrected chi connectivity index (χ2v) is 7.83. The van der Waals surface area contributed by atoms with Crippen molar-refractivity contribution in [1.82, 2.24) is 4.90 Å². The quantitative estimate of drug-likeness (QED) is 0.608. The first-order chi connectivity index (χ1) is 13.5. The predicted molar refractivity (Wildman–Crippen MR) is 116 cm³/mol. The Hall–Kier alpha value is -1.92. The molecule has 28 heavy (non-hydrogen) atoms. The Morgan fingerprint density at radius 2 is 1.89 bits per heavy atom. The van der Waals surface area contributed by atoms with Crippen molar-refractivity contribution in [3.8, 4) is 11.5 Å². The summed E-state index contributed by atoms with van der Waals surface area (Å²) in [5.74, 6) is 1.17. The second kappa shape index (κ2) is 9.52. The van der Waals surface area contributed by atoms with E-state index in [1.54, 1.807) is 19.2 Å². The van der Waals surface area contributed by atoms with Crippen molar-refractivity contribution in [1.29, 1.82) is 0 Å². The summed E-state index contributed by atoms with van der Waals surface area (Å²) in [5, 5.41) is 0.735. The molecule has 5 nitrogen and oxygen atoms in total. The minimum atomic E-state index is -0.0140. The number of carbonyl (C=O) groups is 1. The minimum Gasteiger partial charge on any atom is -0.493 e. The third-order valence-electron chi connectivity index (χ3n) is 4.69. The molecule has 1 aliphatic rings. The van der Waals surface area contributed by atoms with E-state index in [2.05, 4.69) is 20.8 Å². The van der Waals surface area contributed by atoms with Crippen molar-refractivity contribution in [2.24, 2.45) is 0 Å². The van der Waals surface area contributed by atoms with Gasteiger partial charge in [-0.1, -0.05) is 30.7 Å². The molecule has 0 aromatic heterocycles. The van der Waals surface area contributed by atoms with Crippen molar-refractivity contribution in [2.75, 3.05) is 44.8 Å². The van der Waals surface area contributed by atoms with Crippen LogP contribution < -0.4 is 14.4 Å². The van der Waals surface area contributed by atoms with Crippen LogP contribution >= 0.6 is 27.5 Å². The molecule has 150 valence electrons. The minimum absolute atomic E-state index is 0.0140. The SMILES string of the molecule is CCCOc1c(Br)cc(C(=O)N2CCN(c3ccccc3Cl)CC2)cc1OC. The number of amides is 1. The number of hydrogen-bond donors (Lipinski definition) is 0. The third-order valence-corrected chi connectivity index (χ3v) is 5.60. The highest BCUT2D eigenvalue weighted by atomic mass is 79.9. The fourth-order valence-electron chi connectivity index (χ4n) is 3.23. The van der Waals surface area contributed by atoms with Crippen LogP contribution in [-0.4, -0.2) is 50.7 Å². The molecule has 3 rings (SSSR count). The van der Waals surface area contributed by atoms with Gasteiger partial charge in [-0.15, -0.1) is 0 Å². The molecular weight excluding hydrogens is 444 g/mol. The van der Waals surface area contributed by atoms with Crippen molar-refractivity contribution >= 4 is 39.1 Å². The topological polar surface area (TPSA) is 42.0 Å². The van der Waals surface area contributed by atoms with Gasteiger partial charge in [-0.05, 0) is 46.6 Å². The molecule has 7 heteroatoms. The highest BCUT2D eigenvalue weighted by Crippen LogP contribution is 2.37. The lowest BCUT2D eigenvalue weighted by molar-refractivity contribution is 0.0746. The Balaban J connectivity index is 1.71. The summed E-state index contributed by atoms with van der Waals surface area (Å²) in [6, 6.07) is 11.3. The van der Waals surface area contributed by atoms with Gasteiger partial charge in [0.05, 0.1) is 28.9 Å². The van der Waals surface area contributed by atoms with Crippen LogP contribution in [0.3, 0.4) is 0 Å². The lowest BCUT2D eigenvalue weighted by Gasteiger charge is -2.36. The molecule has 1 aliphatic heterocycles. The Kier molecular flexibility index (Phi) is 7.08. The maximum atomic E-state index is 13.0. The van der Waals surface area contributed by atoms with Crippen molar-refractivity contribution in [3.63, 3.8) is 0 Å². The van der Waals surface area contributed by atoms with E-state index in [0.29, 0.717) is 36.8 Å². The van der Waals surface area contributed by atoms with Crippen LogP contribution in [0, 0.1) is 0 Å². The normalized spacial score (nSPS) is 14.1. The molecule has 0 aliphatic carbocycles. The van der Waals surface area contributed by atoms with Gasteiger partial charge in [0, 0.05) is 31.7 Å². The molecule has 0 spiro atoms. The van der Waals surface area contributed by atoms with Gasteiger partial charge in [0.15, 0.2) is 11.5 Å². The highest BCUT2D eigenvalue weighted by molar-refractivity contribution is 9.10. The summed E-state index contributed by atoms with van der Waals surface area (Å²) >= 11 is 9.81. The summed E-state index contributed by atoms with van der Waals surface area (Å²) in [6.45, 7) is 5.39. The number of benzene rings is 2. The average Bonchev–Trinajstić information content (AvgIpc) is 2.72. The van der Waals surface area contributed by atoms with E-state index < -0.39 is 0 Å². The molecular formula is C21H24BrClN2O3. The lowest BCUT2D eigenvalue weighted by atomic mass is 10.1. The summed E-state index contributed by atoms with van der Waals surface area (Å²) < 4.78 is 11.9. The Bertz CT molecular complexity index is 838. The molecule has 1 fully saturated rings. The monoisotopic (exact) mass is 466 g/mol. The van der Waals surface area contributed by atoms with Crippen LogP contribution in [0.5, 0.6) is 11.5 Å². The summed E-state index contributed by atoms with van der Waals surface area (Å²) in [5.41, 5.74) is 1.59. The zero-order valence-corrected chi connectivity index (χ0v) is 18.4. The molecule has 1 amide bonds. The standard InChI is InChI=1S/C21H24BrClN2O3/c1-3-12-28-20-16(22)13-15(14-19(20)27-2)21(26)25-10-8-24(9-11-25)18-7-5-4-6-17(18)23/h4-7,13-14H,3,8-12H2,1-2H3. The third kappa shape index (κ3) is 4.55. The Morgan fingerprint density at radius 3 is 2.54 bits per heavy atom. The molecule has 2 aromatic carbocycles.